The first kappa shape index (κ1) is 18.9. The molecule has 1 N–H and O–H groups in total. The monoisotopic (exact) mass is 381 g/mol. The first-order chi connectivity index (χ1) is 13.2. The van der Waals surface area contributed by atoms with Crippen molar-refractivity contribution in [3.63, 3.8) is 0 Å². The van der Waals surface area contributed by atoms with E-state index >= 15 is 0 Å². The minimum atomic E-state index is -0.469. The van der Waals surface area contributed by atoms with Gasteiger partial charge >= 0.3 is 5.97 Å². The van der Waals surface area contributed by atoms with Crippen LogP contribution in [0.2, 0.25) is 5.02 Å². The third kappa shape index (κ3) is 4.83. The fraction of sp³-hybridized carbons (Fsp3) is 0.190. The molecule has 27 heavy (non-hydrogen) atoms. The largest absolute Gasteiger partial charge is 0.462 e. The topological polar surface area (TPSA) is 64.1 Å². The highest BCUT2D eigenvalue weighted by atomic mass is 35.5. The van der Waals surface area contributed by atoms with Crippen LogP contribution in [0.3, 0.4) is 0 Å². The summed E-state index contributed by atoms with van der Waals surface area (Å²) >= 11 is 6.32. The minimum absolute atomic E-state index is 0.276. The van der Waals surface area contributed by atoms with Crippen LogP contribution in [0.25, 0.3) is 11.3 Å². The normalized spacial score (nSPS) is 10.4. The average Bonchev–Trinajstić information content (AvgIpc) is 2.69. The van der Waals surface area contributed by atoms with Crippen molar-refractivity contribution in [3.8, 4) is 11.3 Å². The quantitative estimate of drug-likeness (QED) is 0.604. The highest BCUT2D eigenvalue weighted by Gasteiger charge is 2.19. The molecule has 0 unspecified atom stereocenters. The Balaban J connectivity index is 1.85. The van der Waals surface area contributed by atoms with Gasteiger partial charge in [-0.15, -0.1) is 0 Å². The predicted molar refractivity (Wildman–Crippen MR) is 107 cm³/mol. The molecule has 0 aliphatic heterocycles. The minimum Gasteiger partial charge on any atom is -0.462 e. The molecule has 0 atom stereocenters. The van der Waals surface area contributed by atoms with E-state index in [4.69, 9.17) is 16.3 Å². The molecule has 0 spiro atoms. The van der Waals surface area contributed by atoms with Gasteiger partial charge in [0.25, 0.3) is 0 Å². The van der Waals surface area contributed by atoms with Gasteiger partial charge < -0.3 is 10.1 Å². The van der Waals surface area contributed by atoms with Gasteiger partial charge in [0.05, 0.1) is 12.3 Å². The van der Waals surface area contributed by atoms with Crippen LogP contribution in [0.15, 0.2) is 60.8 Å². The van der Waals surface area contributed by atoms with Crippen molar-refractivity contribution in [2.45, 2.75) is 13.3 Å². The van der Waals surface area contributed by atoms with Crippen LogP contribution in [0.1, 0.15) is 22.8 Å². The van der Waals surface area contributed by atoms with Gasteiger partial charge in [0, 0.05) is 23.3 Å². The van der Waals surface area contributed by atoms with Crippen LogP contribution < -0.4 is 5.32 Å². The molecule has 0 saturated heterocycles. The number of carbonyl (C=O) groups excluding carboxylic acids is 1. The molecular weight excluding hydrogens is 362 g/mol. The fourth-order valence-corrected chi connectivity index (χ4v) is 2.87. The summed E-state index contributed by atoms with van der Waals surface area (Å²) < 4.78 is 5.13. The van der Waals surface area contributed by atoms with E-state index in [0.717, 1.165) is 6.42 Å². The van der Waals surface area contributed by atoms with Gasteiger partial charge in [-0.25, -0.2) is 14.8 Å². The smallest absolute Gasteiger partial charge is 0.341 e. The van der Waals surface area contributed by atoms with E-state index in [1.54, 1.807) is 13.0 Å². The number of anilines is 1. The zero-order valence-electron chi connectivity index (χ0n) is 15.0. The van der Waals surface area contributed by atoms with E-state index < -0.39 is 5.97 Å². The molecule has 0 radical (unpaired) electrons. The highest BCUT2D eigenvalue weighted by molar-refractivity contribution is 6.33. The first-order valence-electron chi connectivity index (χ1n) is 8.76. The summed E-state index contributed by atoms with van der Waals surface area (Å²) in [7, 11) is 0. The molecule has 0 amide bonds. The van der Waals surface area contributed by atoms with Crippen molar-refractivity contribution in [2.24, 2.45) is 0 Å². The molecule has 1 aromatic heterocycles. The lowest BCUT2D eigenvalue weighted by Gasteiger charge is -2.12. The van der Waals surface area contributed by atoms with Crippen LogP contribution >= 0.6 is 11.6 Å². The van der Waals surface area contributed by atoms with Gasteiger partial charge in [-0.3, -0.25) is 0 Å². The molecule has 6 heteroatoms. The van der Waals surface area contributed by atoms with Gasteiger partial charge in [0.15, 0.2) is 0 Å². The number of halogens is 1. The number of rotatable bonds is 7. The van der Waals surface area contributed by atoms with Crippen LogP contribution in [-0.4, -0.2) is 29.1 Å². The number of esters is 1. The Morgan fingerprint density at radius 3 is 2.59 bits per heavy atom. The zero-order valence-corrected chi connectivity index (χ0v) is 15.7. The Hall–Kier alpha value is -2.92. The molecule has 3 rings (SSSR count). The number of benzene rings is 2. The summed E-state index contributed by atoms with van der Waals surface area (Å²) in [5, 5.41) is 3.71. The number of ether oxygens (including phenoxy) is 1. The van der Waals surface area contributed by atoms with Crippen molar-refractivity contribution in [1.82, 2.24) is 9.97 Å². The van der Waals surface area contributed by atoms with Crippen LogP contribution in [0.4, 0.5) is 5.95 Å². The second-order valence-electron chi connectivity index (χ2n) is 5.82. The molecular formula is C21H20ClN3O2. The summed E-state index contributed by atoms with van der Waals surface area (Å²) in [6, 6.07) is 17.4. The summed E-state index contributed by atoms with van der Waals surface area (Å²) in [6.45, 7) is 2.70. The Morgan fingerprint density at radius 2 is 1.85 bits per heavy atom. The van der Waals surface area contributed by atoms with E-state index in [1.165, 1.54) is 11.8 Å². The molecule has 0 bridgehead atoms. The van der Waals surface area contributed by atoms with Gasteiger partial charge in [0.1, 0.15) is 5.56 Å². The molecule has 1 heterocycles. The van der Waals surface area contributed by atoms with E-state index in [2.05, 4.69) is 27.4 Å². The highest BCUT2D eigenvalue weighted by Crippen LogP contribution is 2.29. The molecule has 0 saturated carbocycles. The average molecular weight is 382 g/mol. The van der Waals surface area contributed by atoms with Crippen molar-refractivity contribution in [2.75, 3.05) is 18.5 Å². The molecule has 0 aliphatic carbocycles. The summed E-state index contributed by atoms with van der Waals surface area (Å²) in [4.78, 5) is 21.1. The molecule has 0 fully saturated rings. The Bertz CT molecular complexity index is 916. The number of carbonyl (C=O) groups is 1. The lowest BCUT2D eigenvalue weighted by Crippen LogP contribution is -2.12. The Labute approximate surface area is 163 Å². The van der Waals surface area contributed by atoms with Crippen LogP contribution in [0.5, 0.6) is 0 Å². The SMILES string of the molecule is CCOC(=O)c1cnc(NCCc2ccccc2)nc1-c1ccccc1Cl. The number of hydrogen-bond donors (Lipinski definition) is 1. The molecule has 0 aliphatic rings. The third-order valence-corrected chi connectivity index (χ3v) is 4.28. The number of hydrogen-bond acceptors (Lipinski definition) is 5. The molecule has 5 nitrogen and oxygen atoms in total. The number of aromatic nitrogens is 2. The lowest BCUT2D eigenvalue weighted by atomic mass is 10.1. The predicted octanol–water partition coefficient (Wildman–Crippen LogP) is 4.63. The summed E-state index contributed by atoms with van der Waals surface area (Å²) in [5.41, 5.74) is 2.63. The van der Waals surface area contributed by atoms with Crippen molar-refractivity contribution in [3.05, 3.63) is 76.9 Å². The number of nitrogens with one attached hydrogen (secondary N) is 1. The summed E-state index contributed by atoms with van der Waals surface area (Å²) in [5.74, 6) is -0.0304. The zero-order chi connectivity index (χ0) is 19.1. The van der Waals surface area contributed by atoms with E-state index in [-0.39, 0.29) is 6.61 Å². The maximum absolute atomic E-state index is 12.3. The first-order valence-corrected chi connectivity index (χ1v) is 9.13. The molecule has 138 valence electrons. The third-order valence-electron chi connectivity index (χ3n) is 3.95. The van der Waals surface area contributed by atoms with Crippen molar-refractivity contribution < 1.29 is 9.53 Å². The summed E-state index contributed by atoms with van der Waals surface area (Å²) in [6.07, 6.45) is 2.32. The number of nitrogens with zero attached hydrogens (tertiary/aromatic N) is 2. The van der Waals surface area contributed by atoms with Gasteiger partial charge in [-0.05, 0) is 25.0 Å². The molecule has 3 aromatic rings. The van der Waals surface area contributed by atoms with Crippen molar-refractivity contribution in [1.29, 1.82) is 0 Å². The Morgan fingerprint density at radius 1 is 1.11 bits per heavy atom. The maximum atomic E-state index is 12.3. The van der Waals surface area contributed by atoms with Gasteiger partial charge in [0.2, 0.25) is 5.95 Å². The standard InChI is InChI=1S/C21H20ClN3O2/c1-2-27-20(26)17-14-24-21(23-13-12-15-8-4-3-5-9-15)25-19(17)16-10-6-7-11-18(16)22/h3-11,14H,2,12-13H2,1H3,(H,23,24,25). The van der Waals surface area contributed by atoms with Crippen LogP contribution in [0, 0.1) is 0 Å². The van der Waals surface area contributed by atoms with Crippen molar-refractivity contribution >= 4 is 23.5 Å². The fourth-order valence-electron chi connectivity index (χ4n) is 2.65. The van der Waals surface area contributed by atoms with Gasteiger partial charge in [-0.1, -0.05) is 60.1 Å². The van der Waals surface area contributed by atoms with E-state index in [9.17, 15) is 4.79 Å². The van der Waals surface area contributed by atoms with Crippen LogP contribution in [-0.2, 0) is 11.2 Å². The van der Waals surface area contributed by atoms with E-state index in [1.807, 2.05) is 36.4 Å². The second kappa shape index (κ2) is 9.14. The lowest BCUT2D eigenvalue weighted by molar-refractivity contribution is 0.0526. The van der Waals surface area contributed by atoms with E-state index in [0.29, 0.717) is 34.3 Å². The second-order valence-corrected chi connectivity index (χ2v) is 6.23. The Kier molecular flexibility index (Phi) is 6.39. The van der Waals surface area contributed by atoms with Gasteiger partial charge in [-0.2, -0.15) is 0 Å². The molecule has 2 aromatic carbocycles. The maximum Gasteiger partial charge on any atom is 0.341 e.